The zero-order valence-corrected chi connectivity index (χ0v) is 7.12. The maximum Gasteiger partial charge on any atom is 0.0126 e. The third-order valence-electron chi connectivity index (χ3n) is 2.06. The summed E-state index contributed by atoms with van der Waals surface area (Å²) < 4.78 is 0.312. The molecule has 0 N–H and O–H groups in total. The van der Waals surface area contributed by atoms with Crippen LogP contribution in [0.2, 0.25) is 0 Å². The monoisotopic (exact) mass is 145 g/mol. The van der Waals surface area contributed by atoms with Crippen molar-refractivity contribution in [2.24, 2.45) is 0 Å². The van der Waals surface area contributed by atoms with Crippen LogP contribution in [0.1, 0.15) is 19.8 Å². The number of rotatable bonds is 0. The van der Waals surface area contributed by atoms with E-state index in [1.165, 1.54) is 25.9 Å². The van der Waals surface area contributed by atoms with Crippen molar-refractivity contribution in [2.75, 3.05) is 20.1 Å². The van der Waals surface area contributed by atoms with Crippen molar-refractivity contribution in [3.8, 4) is 0 Å². The van der Waals surface area contributed by atoms with Gasteiger partial charge in [0, 0.05) is 4.75 Å². The van der Waals surface area contributed by atoms with Crippen LogP contribution in [-0.2, 0) is 0 Å². The van der Waals surface area contributed by atoms with Gasteiger partial charge in [-0.1, -0.05) is 6.92 Å². The lowest BCUT2D eigenvalue weighted by Gasteiger charge is -2.33. The Morgan fingerprint density at radius 1 is 1.33 bits per heavy atom. The Bertz CT molecular complexity index is 91.1. The third kappa shape index (κ3) is 2.18. The highest BCUT2D eigenvalue weighted by molar-refractivity contribution is 7.81. The Labute approximate surface area is 62.8 Å². The lowest BCUT2D eigenvalue weighted by Crippen LogP contribution is -2.36. The lowest BCUT2D eigenvalue weighted by molar-refractivity contribution is 0.248. The Morgan fingerprint density at radius 2 is 1.78 bits per heavy atom. The van der Waals surface area contributed by atoms with Gasteiger partial charge in [0.2, 0.25) is 0 Å². The van der Waals surface area contributed by atoms with Crippen molar-refractivity contribution in [3.63, 3.8) is 0 Å². The molecular weight excluding hydrogens is 130 g/mol. The van der Waals surface area contributed by atoms with Gasteiger partial charge in [-0.05, 0) is 33.0 Å². The molecule has 0 saturated carbocycles. The summed E-state index contributed by atoms with van der Waals surface area (Å²) in [7, 11) is 2.17. The number of nitrogens with zero attached hydrogens (tertiary/aromatic N) is 1. The molecule has 1 aliphatic heterocycles. The average molecular weight is 145 g/mol. The molecule has 0 aliphatic carbocycles. The second kappa shape index (κ2) is 2.51. The smallest absolute Gasteiger partial charge is 0.0126 e. The van der Waals surface area contributed by atoms with Crippen molar-refractivity contribution in [1.29, 1.82) is 0 Å². The van der Waals surface area contributed by atoms with Crippen LogP contribution < -0.4 is 0 Å². The molecule has 0 aromatic rings. The van der Waals surface area contributed by atoms with Crippen molar-refractivity contribution in [2.45, 2.75) is 24.5 Å². The van der Waals surface area contributed by atoms with Crippen molar-refractivity contribution in [1.82, 2.24) is 4.90 Å². The highest BCUT2D eigenvalue weighted by Gasteiger charge is 2.23. The van der Waals surface area contributed by atoms with E-state index in [-0.39, 0.29) is 0 Å². The molecule has 1 nitrogen and oxygen atoms in total. The van der Waals surface area contributed by atoms with Gasteiger partial charge in [0.05, 0.1) is 0 Å². The molecule has 0 bridgehead atoms. The molecule has 54 valence electrons. The van der Waals surface area contributed by atoms with Gasteiger partial charge in [0.1, 0.15) is 0 Å². The van der Waals surface area contributed by atoms with Crippen LogP contribution in [0.3, 0.4) is 0 Å². The minimum Gasteiger partial charge on any atom is -0.306 e. The summed E-state index contributed by atoms with van der Waals surface area (Å²) in [4.78, 5) is 2.36. The van der Waals surface area contributed by atoms with E-state index in [2.05, 4.69) is 31.5 Å². The van der Waals surface area contributed by atoms with E-state index in [1.807, 2.05) is 0 Å². The van der Waals surface area contributed by atoms with Crippen LogP contribution in [-0.4, -0.2) is 29.8 Å². The summed E-state index contributed by atoms with van der Waals surface area (Å²) in [5.74, 6) is 0. The maximum absolute atomic E-state index is 4.53. The Morgan fingerprint density at radius 3 is 2.11 bits per heavy atom. The van der Waals surface area contributed by atoms with Crippen molar-refractivity contribution < 1.29 is 0 Å². The van der Waals surface area contributed by atoms with Crippen LogP contribution in [0.25, 0.3) is 0 Å². The second-order valence-corrected chi connectivity index (χ2v) is 4.38. The molecule has 1 saturated heterocycles. The molecule has 0 aromatic carbocycles. The zero-order valence-electron chi connectivity index (χ0n) is 6.22. The van der Waals surface area contributed by atoms with Gasteiger partial charge in [-0.15, -0.1) is 0 Å². The van der Waals surface area contributed by atoms with Gasteiger partial charge in [-0.2, -0.15) is 12.6 Å². The highest BCUT2D eigenvalue weighted by atomic mass is 32.1. The molecule has 1 heterocycles. The van der Waals surface area contributed by atoms with Crippen LogP contribution in [0.5, 0.6) is 0 Å². The minimum atomic E-state index is 0.312. The summed E-state index contributed by atoms with van der Waals surface area (Å²) in [6.45, 7) is 4.64. The number of hydrogen-bond acceptors (Lipinski definition) is 2. The SMILES string of the molecule is CN1CCC(C)(S)CC1. The van der Waals surface area contributed by atoms with Crippen LogP contribution in [0.4, 0.5) is 0 Å². The number of hydrogen-bond donors (Lipinski definition) is 1. The van der Waals surface area contributed by atoms with E-state index in [0.29, 0.717) is 4.75 Å². The van der Waals surface area contributed by atoms with E-state index in [0.717, 1.165) is 0 Å². The van der Waals surface area contributed by atoms with E-state index < -0.39 is 0 Å². The molecule has 0 radical (unpaired) electrons. The van der Waals surface area contributed by atoms with Gasteiger partial charge in [0.25, 0.3) is 0 Å². The Balaban J connectivity index is 2.35. The van der Waals surface area contributed by atoms with E-state index >= 15 is 0 Å². The predicted molar refractivity (Wildman–Crippen MR) is 44.1 cm³/mol. The Hall–Kier alpha value is 0.310. The molecule has 9 heavy (non-hydrogen) atoms. The standard InChI is InChI=1S/C7H15NS/c1-7(9)3-5-8(2)6-4-7/h9H,3-6H2,1-2H3. The molecule has 0 atom stereocenters. The first kappa shape index (κ1) is 7.42. The maximum atomic E-state index is 4.53. The molecule has 1 aliphatic rings. The predicted octanol–water partition coefficient (Wildman–Crippen LogP) is 1.40. The van der Waals surface area contributed by atoms with Gasteiger partial charge < -0.3 is 4.90 Å². The van der Waals surface area contributed by atoms with Crippen LogP contribution >= 0.6 is 12.6 Å². The molecule has 0 unspecified atom stereocenters. The molecule has 1 fully saturated rings. The fourth-order valence-electron chi connectivity index (χ4n) is 1.10. The molecule has 0 aromatic heterocycles. The lowest BCUT2D eigenvalue weighted by atomic mass is 9.98. The molecule has 0 amide bonds. The van der Waals surface area contributed by atoms with E-state index in [9.17, 15) is 0 Å². The van der Waals surface area contributed by atoms with Crippen LogP contribution in [0.15, 0.2) is 0 Å². The molecule has 1 rings (SSSR count). The number of piperidine rings is 1. The zero-order chi connectivity index (χ0) is 6.91. The second-order valence-electron chi connectivity index (χ2n) is 3.30. The average Bonchev–Trinajstić information content (AvgIpc) is 1.78. The van der Waals surface area contributed by atoms with Gasteiger partial charge in [0.15, 0.2) is 0 Å². The first-order valence-electron chi connectivity index (χ1n) is 3.51. The molecule has 2 heteroatoms. The number of likely N-dealkylation sites (tertiary alicyclic amines) is 1. The molecule has 0 spiro atoms. The third-order valence-corrected chi connectivity index (χ3v) is 2.51. The highest BCUT2D eigenvalue weighted by Crippen LogP contribution is 2.26. The normalized spacial score (nSPS) is 28.3. The van der Waals surface area contributed by atoms with Gasteiger partial charge >= 0.3 is 0 Å². The summed E-state index contributed by atoms with van der Waals surface area (Å²) in [5.41, 5.74) is 0. The molecular formula is C7H15NS. The van der Waals surface area contributed by atoms with Crippen LogP contribution in [0, 0.1) is 0 Å². The van der Waals surface area contributed by atoms with Crippen molar-refractivity contribution in [3.05, 3.63) is 0 Å². The Kier molecular flexibility index (Phi) is 2.07. The fourth-order valence-corrected chi connectivity index (χ4v) is 1.30. The fraction of sp³-hybridized carbons (Fsp3) is 1.00. The minimum absolute atomic E-state index is 0.312. The summed E-state index contributed by atoms with van der Waals surface area (Å²) >= 11 is 4.53. The quantitative estimate of drug-likeness (QED) is 0.504. The summed E-state index contributed by atoms with van der Waals surface area (Å²) in [6.07, 6.45) is 2.46. The topological polar surface area (TPSA) is 3.24 Å². The van der Waals surface area contributed by atoms with E-state index in [4.69, 9.17) is 0 Å². The van der Waals surface area contributed by atoms with Gasteiger partial charge in [-0.3, -0.25) is 0 Å². The van der Waals surface area contributed by atoms with Gasteiger partial charge in [-0.25, -0.2) is 0 Å². The number of thiol groups is 1. The summed E-state index contributed by atoms with van der Waals surface area (Å²) in [5, 5.41) is 0. The van der Waals surface area contributed by atoms with Crippen molar-refractivity contribution >= 4 is 12.6 Å². The largest absolute Gasteiger partial charge is 0.306 e. The summed E-state index contributed by atoms with van der Waals surface area (Å²) in [6, 6.07) is 0. The first-order valence-corrected chi connectivity index (χ1v) is 3.96. The van der Waals surface area contributed by atoms with E-state index in [1.54, 1.807) is 0 Å². The first-order chi connectivity index (χ1) is 4.10.